The first kappa shape index (κ1) is 19.5. The van der Waals surface area contributed by atoms with Crippen LogP contribution in [-0.4, -0.2) is 29.8 Å². The van der Waals surface area contributed by atoms with Crippen LogP contribution in [0.2, 0.25) is 0 Å². The number of benzene rings is 3. The molecule has 3 aromatic carbocycles. The van der Waals surface area contributed by atoms with Crippen molar-refractivity contribution in [2.24, 2.45) is 5.92 Å². The van der Waals surface area contributed by atoms with Crippen LogP contribution in [0, 0.1) is 11.7 Å². The lowest BCUT2D eigenvalue weighted by molar-refractivity contribution is -0.120. The minimum atomic E-state index is -0.375. The van der Waals surface area contributed by atoms with E-state index in [1.807, 2.05) is 47.4 Å². The summed E-state index contributed by atoms with van der Waals surface area (Å²) < 4.78 is 13.6. The predicted molar refractivity (Wildman–Crippen MR) is 120 cm³/mol. The highest BCUT2D eigenvalue weighted by Gasteiger charge is 2.43. The monoisotopic (exact) mass is 414 g/mol. The Kier molecular flexibility index (Phi) is 4.81. The van der Waals surface area contributed by atoms with Crippen molar-refractivity contribution >= 4 is 33.8 Å². The fourth-order valence-corrected chi connectivity index (χ4v) is 4.54. The maximum atomic E-state index is 13.7. The van der Waals surface area contributed by atoms with Crippen molar-refractivity contribution in [2.45, 2.75) is 19.8 Å². The minimum Gasteiger partial charge on any atom is -0.366 e. The smallest absolute Gasteiger partial charge is 0.282 e. The van der Waals surface area contributed by atoms with Gasteiger partial charge in [-0.15, -0.1) is 0 Å². The molecule has 0 saturated carbocycles. The maximum absolute atomic E-state index is 13.7. The standard InChI is InChI=1S/C26H23FN2O2/c1-17-13-15-28(16-14-17)24-23(19-9-11-20(27)12-10-19)25(30)29(26(24)31)22-8-4-6-18-5-2-3-7-21(18)22/h2-12,17H,13-16H2,1H3. The third-order valence-electron chi connectivity index (χ3n) is 6.30. The van der Waals surface area contributed by atoms with Crippen LogP contribution in [0.3, 0.4) is 0 Å². The summed E-state index contributed by atoms with van der Waals surface area (Å²) in [6.45, 7) is 3.66. The highest BCUT2D eigenvalue weighted by atomic mass is 19.1. The zero-order valence-corrected chi connectivity index (χ0v) is 17.3. The van der Waals surface area contributed by atoms with Gasteiger partial charge in [0.05, 0.1) is 11.3 Å². The van der Waals surface area contributed by atoms with Gasteiger partial charge in [-0.25, -0.2) is 9.29 Å². The van der Waals surface area contributed by atoms with Gasteiger partial charge >= 0.3 is 0 Å². The van der Waals surface area contributed by atoms with Crippen molar-refractivity contribution in [3.8, 4) is 0 Å². The van der Waals surface area contributed by atoms with Gasteiger partial charge in [0.15, 0.2) is 0 Å². The van der Waals surface area contributed by atoms with Crippen LogP contribution in [0.25, 0.3) is 16.3 Å². The minimum absolute atomic E-state index is 0.310. The molecule has 0 bridgehead atoms. The maximum Gasteiger partial charge on any atom is 0.282 e. The average molecular weight is 414 g/mol. The number of likely N-dealkylation sites (tertiary alicyclic amines) is 1. The first-order chi connectivity index (χ1) is 15.0. The Hall–Kier alpha value is -3.47. The molecular weight excluding hydrogens is 391 g/mol. The Labute approximate surface area is 180 Å². The summed E-state index contributed by atoms with van der Waals surface area (Å²) in [5, 5.41) is 1.81. The number of rotatable bonds is 3. The second kappa shape index (κ2) is 7.65. The van der Waals surface area contributed by atoms with E-state index in [4.69, 9.17) is 0 Å². The Morgan fingerprint density at radius 2 is 1.52 bits per heavy atom. The van der Waals surface area contributed by atoms with Crippen LogP contribution in [-0.2, 0) is 9.59 Å². The molecule has 156 valence electrons. The first-order valence-electron chi connectivity index (χ1n) is 10.7. The topological polar surface area (TPSA) is 40.6 Å². The summed E-state index contributed by atoms with van der Waals surface area (Å²) in [6.07, 6.45) is 1.94. The van der Waals surface area contributed by atoms with E-state index in [2.05, 4.69) is 6.92 Å². The molecule has 2 aliphatic rings. The molecule has 2 heterocycles. The number of nitrogens with zero attached hydrogens (tertiary/aromatic N) is 2. The predicted octanol–water partition coefficient (Wildman–Crippen LogP) is 5.00. The zero-order chi connectivity index (χ0) is 21.5. The first-order valence-corrected chi connectivity index (χ1v) is 10.7. The van der Waals surface area contributed by atoms with Crippen LogP contribution >= 0.6 is 0 Å². The molecule has 2 amide bonds. The fraction of sp³-hybridized carbons (Fsp3) is 0.231. The van der Waals surface area contributed by atoms with Crippen molar-refractivity contribution in [1.29, 1.82) is 0 Å². The van der Waals surface area contributed by atoms with Crippen molar-refractivity contribution in [3.05, 3.63) is 83.8 Å². The average Bonchev–Trinajstić information content (AvgIpc) is 3.04. The normalized spacial score (nSPS) is 17.9. The van der Waals surface area contributed by atoms with Crippen molar-refractivity contribution in [3.63, 3.8) is 0 Å². The van der Waals surface area contributed by atoms with Crippen LogP contribution in [0.15, 0.2) is 72.4 Å². The van der Waals surface area contributed by atoms with Gasteiger partial charge in [0, 0.05) is 18.5 Å². The molecule has 0 aromatic heterocycles. The van der Waals surface area contributed by atoms with Gasteiger partial charge in [-0.3, -0.25) is 9.59 Å². The number of imide groups is 1. The Morgan fingerprint density at radius 3 is 2.26 bits per heavy atom. The van der Waals surface area contributed by atoms with Gasteiger partial charge in [-0.1, -0.05) is 55.5 Å². The van der Waals surface area contributed by atoms with Crippen LogP contribution in [0.4, 0.5) is 10.1 Å². The van der Waals surface area contributed by atoms with E-state index in [0.717, 1.165) is 36.7 Å². The summed E-state index contributed by atoms with van der Waals surface area (Å²) >= 11 is 0. The number of carbonyl (C=O) groups is 2. The molecule has 31 heavy (non-hydrogen) atoms. The summed E-state index contributed by atoms with van der Waals surface area (Å²) in [5.74, 6) is -0.454. The van der Waals surface area contributed by atoms with E-state index in [1.54, 1.807) is 12.1 Å². The number of carbonyl (C=O) groups excluding carboxylic acids is 2. The molecule has 0 atom stereocenters. The number of amides is 2. The van der Waals surface area contributed by atoms with E-state index in [-0.39, 0.29) is 17.6 Å². The highest BCUT2D eigenvalue weighted by molar-refractivity contribution is 6.46. The zero-order valence-electron chi connectivity index (χ0n) is 17.3. The molecule has 5 rings (SSSR count). The summed E-state index contributed by atoms with van der Waals surface area (Å²) in [5.41, 5.74) is 1.92. The molecule has 0 spiro atoms. The molecular formula is C26H23FN2O2. The van der Waals surface area contributed by atoms with Gasteiger partial charge in [-0.05, 0) is 47.9 Å². The Bertz CT molecular complexity index is 1200. The lowest BCUT2D eigenvalue weighted by Gasteiger charge is -2.32. The van der Waals surface area contributed by atoms with Gasteiger partial charge in [0.1, 0.15) is 11.5 Å². The fourth-order valence-electron chi connectivity index (χ4n) is 4.54. The highest BCUT2D eigenvalue weighted by Crippen LogP contribution is 2.38. The molecule has 0 aliphatic carbocycles. The van der Waals surface area contributed by atoms with Crippen LogP contribution in [0.1, 0.15) is 25.3 Å². The number of fused-ring (bicyclic) bond motifs is 1. The number of hydrogen-bond acceptors (Lipinski definition) is 3. The molecule has 2 aliphatic heterocycles. The summed E-state index contributed by atoms with van der Waals surface area (Å²) in [4.78, 5) is 30.7. The Balaban J connectivity index is 1.65. The van der Waals surface area contributed by atoms with E-state index >= 15 is 0 Å². The van der Waals surface area contributed by atoms with Crippen molar-refractivity contribution < 1.29 is 14.0 Å². The second-order valence-corrected chi connectivity index (χ2v) is 8.34. The lowest BCUT2D eigenvalue weighted by atomic mass is 9.97. The second-order valence-electron chi connectivity index (χ2n) is 8.34. The third-order valence-corrected chi connectivity index (χ3v) is 6.30. The van der Waals surface area contributed by atoms with Gasteiger partial charge < -0.3 is 4.90 Å². The van der Waals surface area contributed by atoms with E-state index in [1.165, 1.54) is 17.0 Å². The number of piperidine rings is 1. The third kappa shape index (κ3) is 3.30. The molecule has 0 radical (unpaired) electrons. The van der Waals surface area contributed by atoms with Gasteiger partial charge in [0.25, 0.3) is 11.8 Å². The van der Waals surface area contributed by atoms with Crippen LogP contribution in [0.5, 0.6) is 0 Å². The van der Waals surface area contributed by atoms with E-state index < -0.39 is 0 Å². The van der Waals surface area contributed by atoms with Crippen LogP contribution < -0.4 is 4.90 Å². The molecule has 4 nitrogen and oxygen atoms in total. The number of anilines is 1. The molecule has 0 unspecified atom stereocenters. The largest absolute Gasteiger partial charge is 0.366 e. The lowest BCUT2D eigenvalue weighted by Crippen LogP contribution is -2.38. The van der Waals surface area contributed by atoms with E-state index in [0.29, 0.717) is 28.4 Å². The number of hydrogen-bond donors (Lipinski definition) is 0. The quantitative estimate of drug-likeness (QED) is 0.567. The SMILES string of the molecule is CC1CCN(C2=C(c3ccc(F)cc3)C(=O)N(c3cccc4ccccc34)C2=O)CC1. The summed E-state index contributed by atoms with van der Waals surface area (Å²) in [6, 6.07) is 19.2. The van der Waals surface area contributed by atoms with Crippen molar-refractivity contribution in [2.75, 3.05) is 18.0 Å². The van der Waals surface area contributed by atoms with E-state index in [9.17, 15) is 14.0 Å². The molecule has 3 aromatic rings. The molecule has 0 N–H and O–H groups in total. The molecule has 1 saturated heterocycles. The Morgan fingerprint density at radius 1 is 0.839 bits per heavy atom. The summed E-state index contributed by atoms with van der Waals surface area (Å²) in [7, 11) is 0. The van der Waals surface area contributed by atoms with Crippen molar-refractivity contribution in [1.82, 2.24) is 4.90 Å². The molecule has 1 fully saturated rings. The molecule has 5 heteroatoms. The van der Waals surface area contributed by atoms with Gasteiger partial charge in [-0.2, -0.15) is 0 Å². The van der Waals surface area contributed by atoms with Gasteiger partial charge in [0.2, 0.25) is 0 Å². The number of halogens is 1.